The van der Waals surface area contributed by atoms with E-state index < -0.39 is 17.9 Å². The van der Waals surface area contributed by atoms with Gasteiger partial charge in [-0.1, -0.05) is 29.8 Å². The minimum Gasteiger partial charge on any atom is -0.492 e. The number of hydrogen-bond acceptors (Lipinski definition) is 6. The molecule has 1 aliphatic rings. The lowest BCUT2D eigenvalue weighted by molar-refractivity contribution is -0.147. The molecule has 0 bridgehead atoms. The number of benzene rings is 1. The van der Waals surface area contributed by atoms with Crippen molar-refractivity contribution in [3.05, 3.63) is 28.2 Å². The van der Waals surface area contributed by atoms with Crippen LogP contribution in [-0.2, 0) is 14.3 Å². The number of thiocarbonyl (C=S) groups is 1. The van der Waals surface area contributed by atoms with E-state index >= 15 is 0 Å². The molecule has 1 atom stereocenters. The summed E-state index contributed by atoms with van der Waals surface area (Å²) in [6.45, 7) is 7.12. The van der Waals surface area contributed by atoms with E-state index in [4.69, 9.17) is 21.7 Å². The number of piperazine rings is 1. The fourth-order valence-electron chi connectivity index (χ4n) is 2.84. The van der Waals surface area contributed by atoms with E-state index in [1.807, 2.05) is 13.8 Å². The largest absolute Gasteiger partial charge is 0.492 e. The maximum atomic E-state index is 12.9. The molecule has 8 nitrogen and oxygen atoms in total. The van der Waals surface area contributed by atoms with Crippen LogP contribution in [-0.4, -0.2) is 60.1 Å². The van der Waals surface area contributed by atoms with E-state index in [1.165, 1.54) is 4.90 Å². The Morgan fingerprint density at radius 2 is 2.13 bits per heavy atom. The van der Waals surface area contributed by atoms with Crippen molar-refractivity contribution in [2.75, 3.05) is 26.3 Å². The van der Waals surface area contributed by atoms with Gasteiger partial charge in [-0.05, 0) is 43.3 Å². The molecule has 1 saturated heterocycles. The van der Waals surface area contributed by atoms with Crippen LogP contribution in [0.3, 0.4) is 0 Å². The van der Waals surface area contributed by atoms with Gasteiger partial charge >= 0.3 is 5.97 Å². The minimum absolute atomic E-state index is 0.0685. The van der Waals surface area contributed by atoms with Gasteiger partial charge in [0.15, 0.2) is 5.11 Å². The van der Waals surface area contributed by atoms with E-state index in [-0.39, 0.29) is 24.0 Å². The zero-order valence-corrected chi connectivity index (χ0v) is 19.6. The molecule has 2 amide bonds. The fraction of sp³-hybridized carbons (Fsp3) is 0.500. The first-order valence-electron chi connectivity index (χ1n) is 9.70. The Hall–Kier alpha value is -2.20. The van der Waals surface area contributed by atoms with Crippen LogP contribution in [0.1, 0.15) is 37.6 Å². The van der Waals surface area contributed by atoms with E-state index in [0.29, 0.717) is 41.4 Å². The average Bonchev–Trinajstić information content (AvgIpc) is 2.68. The van der Waals surface area contributed by atoms with Gasteiger partial charge in [-0.15, -0.1) is 0 Å². The lowest BCUT2D eigenvalue weighted by Crippen LogP contribution is -2.60. The second kappa shape index (κ2) is 11.3. The molecule has 1 heterocycles. The van der Waals surface area contributed by atoms with Gasteiger partial charge < -0.3 is 19.7 Å². The third-order valence-corrected chi connectivity index (χ3v) is 5.07. The number of rotatable bonds is 7. The van der Waals surface area contributed by atoms with Crippen LogP contribution >= 0.6 is 28.1 Å². The topological polar surface area (TPSA) is 97.0 Å². The number of esters is 1. The van der Waals surface area contributed by atoms with Crippen molar-refractivity contribution in [2.45, 2.75) is 33.2 Å². The van der Waals surface area contributed by atoms with Gasteiger partial charge in [0.05, 0.1) is 25.2 Å². The smallest absolute Gasteiger partial charge is 0.308 e. The number of hydrogen-bond donors (Lipinski definition) is 2. The highest BCUT2D eigenvalue weighted by molar-refractivity contribution is 9.10. The van der Waals surface area contributed by atoms with Crippen molar-refractivity contribution < 1.29 is 23.9 Å². The van der Waals surface area contributed by atoms with Crippen LogP contribution in [0.15, 0.2) is 22.7 Å². The highest BCUT2D eigenvalue weighted by Crippen LogP contribution is 2.24. The molecule has 2 rings (SSSR count). The van der Waals surface area contributed by atoms with E-state index in [9.17, 15) is 14.4 Å². The fourth-order valence-corrected chi connectivity index (χ4v) is 3.51. The maximum Gasteiger partial charge on any atom is 0.308 e. The molecule has 164 valence electrons. The standard InChI is InChI=1S/C20H26BrN3O5S/c1-4-28-17(25)10-15-19(27)22-7-8-24(15)20(30)23-18(26)14-9-13(21)5-6-16(14)29-11-12(2)3/h5-6,9,12,15H,4,7-8,10-11H2,1-3H3,(H,22,27)(H,23,26,30). The van der Waals surface area contributed by atoms with Gasteiger partial charge in [-0.25, -0.2) is 0 Å². The molecule has 0 radical (unpaired) electrons. The first-order chi connectivity index (χ1) is 14.2. The Morgan fingerprint density at radius 3 is 2.80 bits per heavy atom. The van der Waals surface area contributed by atoms with Crippen molar-refractivity contribution in [1.82, 2.24) is 15.5 Å². The third-order valence-electron chi connectivity index (χ3n) is 4.24. The third kappa shape index (κ3) is 6.66. The monoisotopic (exact) mass is 499 g/mol. The summed E-state index contributed by atoms with van der Waals surface area (Å²) >= 11 is 8.75. The Labute approximate surface area is 189 Å². The highest BCUT2D eigenvalue weighted by atomic mass is 79.9. The zero-order chi connectivity index (χ0) is 22.3. The van der Waals surface area contributed by atoms with Gasteiger partial charge in [0.1, 0.15) is 11.8 Å². The molecule has 0 spiro atoms. The maximum absolute atomic E-state index is 12.9. The molecule has 1 fully saturated rings. The summed E-state index contributed by atoms with van der Waals surface area (Å²) in [4.78, 5) is 38.6. The van der Waals surface area contributed by atoms with Crippen molar-refractivity contribution >= 4 is 51.0 Å². The summed E-state index contributed by atoms with van der Waals surface area (Å²) in [5, 5.41) is 5.44. The Morgan fingerprint density at radius 1 is 1.40 bits per heavy atom. The summed E-state index contributed by atoms with van der Waals surface area (Å²) in [5.41, 5.74) is 0.316. The average molecular weight is 500 g/mol. The van der Waals surface area contributed by atoms with Gasteiger partial charge in [0.25, 0.3) is 5.91 Å². The summed E-state index contributed by atoms with van der Waals surface area (Å²) in [7, 11) is 0. The van der Waals surface area contributed by atoms with Crippen molar-refractivity contribution in [2.24, 2.45) is 5.92 Å². The molecule has 2 N–H and O–H groups in total. The molecule has 1 aromatic rings. The summed E-state index contributed by atoms with van der Waals surface area (Å²) in [5.74, 6) is -0.571. The summed E-state index contributed by atoms with van der Waals surface area (Å²) in [6.07, 6.45) is -0.157. The van der Waals surface area contributed by atoms with Crippen LogP contribution < -0.4 is 15.4 Å². The Bertz CT molecular complexity index is 818. The molecule has 1 unspecified atom stereocenters. The quantitative estimate of drug-likeness (QED) is 0.438. The number of nitrogens with one attached hydrogen (secondary N) is 2. The summed E-state index contributed by atoms with van der Waals surface area (Å²) < 4.78 is 11.4. The Balaban J connectivity index is 2.15. The molecular weight excluding hydrogens is 474 g/mol. The number of carbonyl (C=O) groups is 3. The lowest BCUT2D eigenvalue weighted by Gasteiger charge is -2.36. The van der Waals surface area contributed by atoms with Crippen LogP contribution in [0.25, 0.3) is 0 Å². The molecule has 10 heteroatoms. The molecule has 1 aromatic carbocycles. The predicted molar refractivity (Wildman–Crippen MR) is 119 cm³/mol. The molecule has 0 aromatic heterocycles. The summed E-state index contributed by atoms with van der Waals surface area (Å²) in [6, 6.07) is 4.30. The van der Waals surface area contributed by atoms with Crippen molar-refractivity contribution in [3.8, 4) is 5.75 Å². The lowest BCUT2D eigenvalue weighted by atomic mass is 10.1. The van der Waals surface area contributed by atoms with E-state index in [2.05, 4.69) is 26.6 Å². The first-order valence-corrected chi connectivity index (χ1v) is 10.9. The minimum atomic E-state index is -0.843. The van der Waals surface area contributed by atoms with Crippen molar-refractivity contribution in [1.29, 1.82) is 0 Å². The number of carbonyl (C=O) groups excluding carboxylic acids is 3. The molecule has 0 aliphatic carbocycles. The number of ether oxygens (including phenoxy) is 2. The van der Waals surface area contributed by atoms with Gasteiger partial charge in [0, 0.05) is 17.6 Å². The Kier molecular flexibility index (Phi) is 9.04. The highest BCUT2D eigenvalue weighted by Gasteiger charge is 2.34. The zero-order valence-electron chi connectivity index (χ0n) is 17.2. The second-order valence-corrected chi connectivity index (χ2v) is 8.42. The van der Waals surface area contributed by atoms with Crippen LogP contribution in [0, 0.1) is 5.92 Å². The van der Waals surface area contributed by atoms with Crippen LogP contribution in [0.5, 0.6) is 5.75 Å². The normalized spacial score (nSPS) is 16.1. The predicted octanol–water partition coefficient (Wildman–Crippen LogP) is 2.25. The van der Waals surface area contributed by atoms with Gasteiger partial charge in [-0.3, -0.25) is 19.7 Å². The van der Waals surface area contributed by atoms with E-state index in [0.717, 1.165) is 0 Å². The second-order valence-electron chi connectivity index (χ2n) is 7.11. The van der Waals surface area contributed by atoms with Crippen LogP contribution in [0.4, 0.5) is 0 Å². The van der Waals surface area contributed by atoms with Gasteiger partial charge in [0.2, 0.25) is 5.91 Å². The number of amides is 2. The van der Waals surface area contributed by atoms with Crippen LogP contribution in [0.2, 0.25) is 0 Å². The first kappa shape index (κ1) is 24.1. The number of halogens is 1. The molecular formula is C20H26BrN3O5S. The van der Waals surface area contributed by atoms with Gasteiger partial charge in [-0.2, -0.15) is 0 Å². The SMILES string of the molecule is CCOC(=O)CC1C(=O)NCCN1C(=S)NC(=O)c1cc(Br)ccc1OCC(C)C. The number of nitrogens with zero attached hydrogens (tertiary/aromatic N) is 1. The molecule has 1 aliphatic heterocycles. The van der Waals surface area contributed by atoms with E-state index in [1.54, 1.807) is 25.1 Å². The molecule has 30 heavy (non-hydrogen) atoms. The molecule has 0 saturated carbocycles. The van der Waals surface area contributed by atoms with Crippen molar-refractivity contribution in [3.63, 3.8) is 0 Å².